The first-order valence-corrected chi connectivity index (χ1v) is 17.1. The Bertz CT molecular complexity index is 1090. The summed E-state index contributed by atoms with van der Waals surface area (Å²) in [6, 6.07) is 8.61. The third kappa shape index (κ3) is 17.8. The number of hydrogen-bond acceptors (Lipinski definition) is 12. The first kappa shape index (κ1) is 41.9. The number of hydrogen-bond donors (Lipinski definition) is 7. The molecule has 1 saturated heterocycles. The van der Waals surface area contributed by atoms with E-state index in [9.17, 15) is 19.2 Å². The molecule has 16 nitrogen and oxygen atoms in total. The second kappa shape index (κ2) is 25.7. The molecule has 49 heavy (non-hydrogen) atoms. The summed E-state index contributed by atoms with van der Waals surface area (Å²) in [5, 5.41) is 11.3. The van der Waals surface area contributed by atoms with Crippen LogP contribution in [0.25, 0.3) is 0 Å². The summed E-state index contributed by atoms with van der Waals surface area (Å²) in [7, 11) is 0. The van der Waals surface area contributed by atoms with Crippen LogP contribution in [0.1, 0.15) is 51.0 Å². The zero-order valence-corrected chi connectivity index (χ0v) is 28.7. The monoisotopic (exact) mass is 695 g/mol. The Morgan fingerprint density at radius 1 is 0.714 bits per heavy atom. The molecule has 0 aliphatic carbocycles. The number of carbonyl (C=O) groups excluding carboxylic acids is 4. The summed E-state index contributed by atoms with van der Waals surface area (Å²) in [5.74, 6) is -0.965. The van der Waals surface area contributed by atoms with Gasteiger partial charge in [-0.3, -0.25) is 19.2 Å². The quantitative estimate of drug-likeness (QED) is 0.0565. The Labute approximate surface area is 289 Å². The van der Waals surface area contributed by atoms with E-state index in [4.69, 9.17) is 40.9 Å². The van der Waals surface area contributed by atoms with Crippen molar-refractivity contribution in [3.8, 4) is 0 Å². The molecule has 2 rings (SSSR count). The van der Waals surface area contributed by atoms with E-state index in [2.05, 4.69) is 21.3 Å². The molecular formula is C33H57N7O9. The molecule has 1 aliphatic rings. The lowest BCUT2D eigenvalue weighted by Gasteiger charge is -2.46. The van der Waals surface area contributed by atoms with Crippen LogP contribution in [0, 0.1) is 0 Å². The van der Waals surface area contributed by atoms with Crippen LogP contribution in [0.4, 0.5) is 0 Å². The predicted octanol–water partition coefficient (Wildman–Crippen LogP) is -1.21. The van der Waals surface area contributed by atoms with Gasteiger partial charge in [0.2, 0.25) is 23.6 Å². The fourth-order valence-corrected chi connectivity index (χ4v) is 4.91. The molecule has 0 bridgehead atoms. The maximum Gasteiger partial charge on any atom is 0.222 e. The standard InChI is InChI=1S/C33H57N7O9/c1-24(41)40-30-32(47-21-12-29(44)39-18-7-15-36)31(46-20-11-28(43)38-17-6-14-35)26(23-45-19-10-27(42)37-16-5-13-34)49-33(30)48-22-25-8-3-2-4-9-25/h2-4,8-9,26,30-33H,5-7,10-23,34-36H2,1H3,(H,37,42)(H,38,43)(H,39,44)(H,40,41)/t26-,30-,31-,32-,33?/m1/s1. The SMILES string of the molecule is CC(=O)N[C@H]1C(OCc2ccccc2)O[C@H](COCCC(=O)NCCCN)[C@@H](OCCC(=O)NCCCN)[C@@H]1OCCC(=O)NCCCN. The maximum atomic E-state index is 12.5. The molecule has 278 valence electrons. The van der Waals surface area contributed by atoms with E-state index >= 15 is 0 Å². The molecular weight excluding hydrogens is 638 g/mol. The van der Waals surface area contributed by atoms with Gasteiger partial charge in [-0.2, -0.15) is 0 Å². The number of nitrogens with one attached hydrogen (secondary N) is 4. The Kier molecular flexibility index (Phi) is 22.0. The first-order valence-electron chi connectivity index (χ1n) is 17.1. The smallest absolute Gasteiger partial charge is 0.222 e. The number of ether oxygens (including phenoxy) is 5. The van der Waals surface area contributed by atoms with Crippen molar-refractivity contribution >= 4 is 23.6 Å². The average Bonchev–Trinajstić information content (AvgIpc) is 3.08. The normalized spacial score (nSPS) is 20.4. The van der Waals surface area contributed by atoms with Crippen molar-refractivity contribution in [3.63, 3.8) is 0 Å². The number of amides is 4. The van der Waals surface area contributed by atoms with Crippen LogP contribution in [-0.4, -0.2) is 120 Å². The second-order valence-electron chi connectivity index (χ2n) is 11.5. The summed E-state index contributed by atoms with van der Waals surface area (Å²) in [6.07, 6.45) is -1.36. The van der Waals surface area contributed by atoms with Crippen LogP contribution in [-0.2, 0) is 49.5 Å². The molecule has 0 radical (unpaired) electrons. The van der Waals surface area contributed by atoms with E-state index in [1.807, 2.05) is 30.3 Å². The first-order chi connectivity index (χ1) is 23.8. The van der Waals surface area contributed by atoms with Gasteiger partial charge in [-0.15, -0.1) is 0 Å². The molecule has 1 heterocycles. The summed E-state index contributed by atoms with van der Waals surface area (Å²) >= 11 is 0. The number of carbonyl (C=O) groups is 4. The fourth-order valence-electron chi connectivity index (χ4n) is 4.91. The van der Waals surface area contributed by atoms with E-state index in [0.29, 0.717) is 58.5 Å². The summed E-state index contributed by atoms with van der Waals surface area (Å²) in [6.45, 7) is 4.37. The molecule has 0 aromatic heterocycles. The summed E-state index contributed by atoms with van der Waals surface area (Å²) in [5.41, 5.74) is 17.4. The van der Waals surface area contributed by atoms with Gasteiger partial charge < -0.3 is 62.2 Å². The van der Waals surface area contributed by atoms with Crippen molar-refractivity contribution in [1.29, 1.82) is 0 Å². The van der Waals surface area contributed by atoms with Gasteiger partial charge >= 0.3 is 0 Å². The number of nitrogens with two attached hydrogens (primary N) is 3. The van der Waals surface area contributed by atoms with Crippen LogP contribution in [0.3, 0.4) is 0 Å². The summed E-state index contributed by atoms with van der Waals surface area (Å²) in [4.78, 5) is 49.6. The number of benzene rings is 1. The minimum atomic E-state index is -1.000. The van der Waals surface area contributed by atoms with E-state index in [1.54, 1.807) is 0 Å². The van der Waals surface area contributed by atoms with Gasteiger partial charge in [0, 0.05) is 45.8 Å². The van der Waals surface area contributed by atoms with E-state index < -0.39 is 30.6 Å². The highest BCUT2D eigenvalue weighted by atomic mass is 16.7. The van der Waals surface area contributed by atoms with Gasteiger partial charge in [0.15, 0.2) is 6.29 Å². The lowest BCUT2D eigenvalue weighted by molar-refractivity contribution is -0.289. The lowest BCUT2D eigenvalue weighted by atomic mass is 9.96. The largest absolute Gasteiger partial charge is 0.378 e. The van der Waals surface area contributed by atoms with Crippen molar-refractivity contribution in [2.75, 3.05) is 65.7 Å². The Morgan fingerprint density at radius 3 is 1.73 bits per heavy atom. The Hall–Kier alpha value is -3.22. The predicted molar refractivity (Wildman–Crippen MR) is 182 cm³/mol. The Morgan fingerprint density at radius 2 is 1.22 bits per heavy atom. The minimum Gasteiger partial charge on any atom is -0.378 e. The van der Waals surface area contributed by atoms with Crippen molar-refractivity contribution in [3.05, 3.63) is 35.9 Å². The molecule has 0 spiro atoms. The van der Waals surface area contributed by atoms with E-state index in [1.165, 1.54) is 6.92 Å². The highest BCUT2D eigenvalue weighted by Gasteiger charge is 2.48. The third-order valence-corrected chi connectivity index (χ3v) is 7.42. The van der Waals surface area contributed by atoms with Crippen LogP contribution in [0.15, 0.2) is 30.3 Å². The van der Waals surface area contributed by atoms with Crippen molar-refractivity contribution in [1.82, 2.24) is 21.3 Å². The van der Waals surface area contributed by atoms with Crippen LogP contribution < -0.4 is 38.5 Å². The molecule has 10 N–H and O–H groups in total. The molecule has 0 saturated carbocycles. The van der Waals surface area contributed by atoms with E-state index in [-0.39, 0.29) is 75.9 Å². The zero-order valence-electron chi connectivity index (χ0n) is 28.7. The van der Waals surface area contributed by atoms with Gasteiger partial charge in [0.1, 0.15) is 24.4 Å². The summed E-state index contributed by atoms with van der Waals surface area (Å²) < 4.78 is 31.1. The van der Waals surface area contributed by atoms with Gasteiger partial charge in [-0.25, -0.2) is 0 Å². The highest BCUT2D eigenvalue weighted by molar-refractivity contribution is 5.76. The third-order valence-electron chi connectivity index (χ3n) is 7.42. The van der Waals surface area contributed by atoms with Crippen LogP contribution >= 0.6 is 0 Å². The minimum absolute atomic E-state index is 0.00337. The van der Waals surface area contributed by atoms with Crippen molar-refractivity contribution in [2.45, 2.75) is 82.7 Å². The van der Waals surface area contributed by atoms with Gasteiger partial charge in [0.25, 0.3) is 0 Å². The topological polar surface area (TPSA) is 241 Å². The fraction of sp³-hybridized carbons (Fsp3) is 0.697. The van der Waals surface area contributed by atoms with E-state index in [0.717, 1.165) is 5.56 Å². The maximum absolute atomic E-state index is 12.5. The molecule has 5 atom stereocenters. The highest BCUT2D eigenvalue weighted by Crippen LogP contribution is 2.28. The van der Waals surface area contributed by atoms with Crippen LogP contribution in [0.5, 0.6) is 0 Å². The second-order valence-corrected chi connectivity index (χ2v) is 11.5. The molecule has 1 unspecified atom stereocenters. The molecule has 1 fully saturated rings. The molecule has 16 heteroatoms. The number of rotatable bonds is 26. The van der Waals surface area contributed by atoms with Crippen molar-refractivity contribution < 1.29 is 42.9 Å². The average molecular weight is 696 g/mol. The molecule has 1 aromatic carbocycles. The Balaban J connectivity index is 2.27. The van der Waals surface area contributed by atoms with Gasteiger partial charge in [0.05, 0.1) is 33.0 Å². The molecule has 4 amide bonds. The van der Waals surface area contributed by atoms with Crippen LogP contribution in [0.2, 0.25) is 0 Å². The van der Waals surface area contributed by atoms with Gasteiger partial charge in [-0.05, 0) is 44.5 Å². The van der Waals surface area contributed by atoms with Gasteiger partial charge in [-0.1, -0.05) is 30.3 Å². The lowest BCUT2D eigenvalue weighted by Crippen LogP contribution is -2.66. The van der Waals surface area contributed by atoms with Crippen molar-refractivity contribution in [2.24, 2.45) is 17.2 Å². The zero-order chi connectivity index (χ0) is 35.7. The molecule has 1 aromatic rings. The molecule has 1 aliphatic heterocycles.